The number of ether oxygens (including phenoxy) is 1. The molecule has 0 aromatic carbocycles. The molecule has 0 aliphatic heterocycles. The first-order chi connectivity index (χ1) is 5.70. The molecule has 0 aliphatic rings. The van der Waals surface area contributed by atoms with E-state index in [2.05, 4.69) is 11.9 Å². The van der Waals surface area contributed by atoms with Crippen LogP contribution in [0.15, 0.2) is 24.6 Å². The molecule has 68 valence electrons. The Morgan fingerprint density at radius 3 is 2.75 bits per heavy atom. The van der Waals surface area contributed by atoms with Gasteiger partial charge >= 0.3 is 0 Å². The molecule has 0 spiro atoms. The van der Waals surface area contributed by atoms with E-state index in [0.717, 1.165) is 0 Å². The quantitative estimate of drug-likeness (QED) is 0.369. The highest BCUT2D eigenvalue weighted by molar-refractivity contribution is 5.87. The van der Waals surface area contributed by atoms with Gasteiger partial charge in [0.1, 0.15) is 0 Å². The smallest absolute Gasteiger partial charge is 0.190 e. The lowest BCUT2D eigenvalue weighted by molar-refractivity contribution is -0.112. The van der Waals surface area contributed by atoms with Gasteiger partial charge in [-0.1, -0.05) is 6.08 Å². The molecule has 12 heavy (non-hydrogen) atoms. The van der Waals surface area contributed by atoms with Gasteiger partial charge in [0.25, 0.3) is 0 Å². The molecule has 0 radical (unpaired) electrons. The monoisotopic (exact) mass is 169 g/mol. The van der Waals surface area contributed by atoms with Gasteiger partial charge in [0.2, 0.25) is 0 Å². The first-order valence-corrected chi connectivity index (χ1v) is 3.90. The van der Waals surface area contributed by atoms with Gasteiger partial charge in [0, 0.05) is 12.6 Å². The third kappa shape index (κ3) is 5.53. The van der Waals surface area contributed by atoms with E-state index < -0.39 is 0 Å². The minimum absolute atomic E-state index is 0.0324. The lowest BCUT2D eigenvalue weighted by Gasteiger charge is -2.08. The van der Waals surface area contributed by atoms with Crippen molar-refractivity contribution in [3.05, 3.63) is 24.6 Å². The van der Waals surface area contributed by atoms with Gasteiger partial charge in [-0.05, 0) is 13.8 Å². The van der Waals surface area contributed by atoms with Crippen molar-refractivity contribution in [1.82, 2.24) is 5.32 Å². The molecule has 0 amide bonds. The van der Waals surface area contributed by atoms with E-state index in [0.29, 0.717) is 19.0 Å². The van der Waals surface area contributed by atoms with E-state index in [1.807, 2.05) is 6.92 Å². The summed E-state index contributed by atoms with van der Waals surface area (Å²) in [6, 6.07) is 0. The highest BCUT2D eigenvalue weighted by atomic mass is 16.5. The number of ketones is 1. The third-order valence-corrected chi connectivity index (χ3v) is 1.05. The molecule has 1 N–H and O–H groups in total. The third-order valence-electron chi connectivity index (χ3n) is 1.05. The lowest BCUT2D eigenvalue weighted by Crippen LogP contribution is -2.16. The largest absolute Gasteiger partial charge is 0.479 e. The molecule has 0 saturated heterocycles. The average Bonchev–Trinajstić information content (AvgIpc) is 2.00. The van der Waals surface area contributed by atoms with Crippen molar-refractivity contribution in [3.63, 3.8) is 0 Å². The molecule has 0 aromatic heterocycles. The summed E-state index contributed by atoms with van der Waals surface area (Å²) in [6.45, 7) is 8.03. The Hall–Kier alpha value is -1.25. The average molecular weight is 169 g/mol. The summed E-state index contributed by atoms with van der Waals surface area (Å²) in [4.78, 5) is 10.7. The molecule has 0 heterocycles. The standard InChI is InChI=1S/C9H15NO2/c1-4-6-10-9(12-5-2)7-8(3)11/h4,7,10H,1,5-6H2,2-3H3/b9-7+. The number of carbonyl (C=O) groups excluding carboxylic acids is 1. The second-order valence-electron chi connectivity index (χ2n) is 2.22. The predicted octanol–water partition coefficient (Wildman–Crippen LogP) is 1.23. The Morgan fingerprint density at radius 1 is 1.67 bits per heavy atom. The summed E-state index contributed by atoms with van der Waals surface area (Å²) in [6.07, 6.45) is 3.12. The second kappa shape index (κ2) is 6.46. The zero-order valence-corrected chi connectivity index (χ0v) is 7.59. The van der Waals surface area contributed by atoms with Crippen LogP contribution in [0.25, 0.3) is 0 Å². The van der Waals surface area contributed by atoms with Gasteiger partial charge in [-0.25, -0.2) is 0 Å². The first-order valence-electron chi connectivity index (χ1n) is 3.90. The van der Waals surface area contributed by atoms with E-state index in [4.69, 9.17) is 4.74 Å². The van der Waals surface area contributed by atoms with E-state index in [1.165, 1.54) is 13.0 Å². The van der Waals surface area contributed by atoms with Crippen LogP contribution in [0.4, 0.5) is 0 Å². The molecule has 0 atom stereocenters. The minimum Gasteiger partial charge on any atom is -0.479 e. The predicted molar refractivity (Wildman–Crippen MR) is 48.6 cm³/mol. The highest BCUT2D eigenvalue weighted by Crippen LogP contribution is 1.92. The summed E-state index contributed by atoms with van der Waals surface area (Å²) in [7, 11) is 0. The fraction of sp³-hybridized carbons (Fsp3) is 0.444. The minimum atomic E-state index is -0.0324. The molecule has 0 fully saturated rings. The van der Waals surface area contributed by atoms with Crippen molar-refractivity contribution in [2.45, 2.75) is 13.8 Å². The van der Waals surface area contributed by atoms with Crippen LogP contribution in [0.5, 0.6) is 0 Å². The van der Waals surface area contributed by atoms with E-state index >= 15 is 0 Å². The van der Waals surface area contributed by atoms with Crippen molar-refractivity contribution >= 4 is 5.78 Å². The number of hydrogen-bond donors (Lipinski definition) is 1. The second-order valence-corrected chi connectivity index (χ2v) is 2.22. The molecule has 0 bridgehead atoms. The summed E-state index contributed by atoms with van der Waals surface area (Å²) in [5.74, 6) is 0.472. The van der Waals surface area contributed by atoms with Crippen LogP contribution in [0.3, 0.4) is 0 Å². The Morgan fingerprint density at radius 2 is 2.33 bits per heavy atom. The number of hydrogen-bond acceptors (Lipinski definition) is 3. The van der Waals surface area contributed by atoms with Crippen molar-refractivity contribution < 1.29 is 9.53 Å². The van der Waals surface area contributed by atoms with Gasteiger partial charge in [-0.15, -0.1) is 6.58 Å². The van der Waals surface area contributed by atoms with Crippen LogP contribution in [0.2, 0.25) is 0 Å². The van der Waals surface area contributed by atoms with Crippen LogP contribution < -0.4 is 5.32 Å². The van der Waals surface area contributed by atoms with Gasteiger partial charge in [-0.3, -0.25) is 4.79 Å². The number of carbonyl (C=O) groups is 1. The summed E-state index contributed by atoms with van der Waals surface area (Å²) >= 11 is 0. The summed E-state index contributed by atoms with van der Waals surface area (Å²) < 4.78 is 5.14. The van der Waals surface area contributed by atoms with Crippen LogP contribution in [-0.4, -0.2) is 18.9 Å². The van der Waals surface area contributed by atoms with Gasteiger partial charge in [0.05, 0.1) is 6.61 Å². The molecule has 3 heteroatoms. The maximum Gasteiger partial charge on any atom is 0.190 e. The van der Waals surface area contributed by atoms with Crippen LogP contribution in [0.1, 0.15) is 13.8 Å². The van der Waals surface area contributed by atoms with Gasteiger partial charge in [0.15, 0.2) is 11.7 Å². The Bertz CT molecular complexity index is 185. The van der Waals surface area contributed by atoms with Crippen molar-refractivity contribution in [2.75, 3.05) is 13.2 Å². The first kappa shape index (κ1) is 10.8. The molecule has 3 nitrogen and oxygen atoms in total. The summed E-state index contributed by atoms with van der Waals surface area (Å²) in [5.41, 5.74) is 0. The number of nitrogens with one attached hydrogen (secondary N) is 1. The Balaban J connectivity index is 4.01. The molecule has 0 aliphatic carbocycles. The molecular weight excluding hydrogens is 154 g/mol. The normalized spacial score (nSPS) is 10.7. The molecule has 0 aromatic rings. The SMILES string of the molecule is C=CCN/C(=C\C(C)=O)OCC. The fourth-order valence-electron chi connectivity index (χ4n) is 0.657. The number of allylic oxidation sites excluding steroid dienone is 1. The van der Waals surface area contributed by atoms with E-state index in [1.54, 1.807) is 6.08 Å². The van der Waals surface area contributed by atoms with Crippen molar-refractivity contribution in [1.29, 1.82) is 0 Å². The lowest BCUT2D eigenvalue weighted by atomic mass is 10.4. The molecule has 0 unspecified atom stereocenters. The van der Waals surface area contributed by atoms with Crippen LogP contribution in [-0.2, 0) is 9.53 Å². The maximum atomic E-state index is 10.7. The fourth-order valence-corrected chi connectivity index (χ4v) is 0.657. The van der Waals surface area contributed by atoms with Crippen LogP contribution >= 0.6 is 0 Å². The highest BCUT2D eigenvalue weighted by Gasteiger charge is 1.95. The van der Waals surface area contributed by atoms with E-state index in [-0.39, 0.29) is 5.78 Å². The molecular formula is C9H15NO2. The van der Waals surface area contributed by atoms with Crippen molar-refractivity contribution in [2.24, 2.45) is 0 Å². The zero-order chi connectivity index (χ0) is 9.40. The Labute approximate surface area is 73.1 Å². The molecule has 0 saturated carbocycles. The van der Waals surface area contributed by atoms with Crippen molar-refractivity contribution in [3.8, 4) is 0 Å². The topological polar surface area (TPSA) is 38.3 Å². The Kier molecular flexibility index (Phi) is 5.79. The van der Waals surface area contributed by atoms with Gasteiger partial charge < -0.3 is 10.1 Å². The molecule has 0 rings (SSSR count). The van der Waals surface area contributed by atoms with Gasteiger partial charge in [-0.2, -0.15) is 0 Å². The summed E-state index contributed by atoms with van der Waals surface area (Å²) in [5, 5.41) is 2.90. The van der Waals surface area contributed by atoms with Crippen LogP contribution in [0, 0.1) is 0 Å². The van der Waals surface area contributed by atoms with E-state index in [9.17, 15) is 4.79 Å². The maximum absolute atomic E-state index is 10.7. The zero-order valence-electron chi connectivity index (χ0n) is 7.59. The number of rotatable bonds is 6.